The fourth-order valence-electron chi connectivity index (χ4n) is 1.27. The molecule has 2 heterocycles. The highest BCUT2D eigenvalue weighted by molar-refractivity contribution is 9.10. The minimum Gasteiger partial charge on any atom is -0.315 e. The number of thiazole rings is 1. The smallest absolute Gasteiger partial charge is 0.304 e. The second-order valence-electron chi connectivity index (χ2n) is 3.23. The van der Waals surface area contributed by atoms with Crippen molar-refractivity contribution in [2.24, 2.45) is 0 Å². The Labute approximate surface area is 105 Å². The number of hydrogen-bond acceptors (Lipinski definition) is 4. The topological polar surface area (TPSA) is 57.8 Å². The second-order valence-corrected chi connectivity index (χ2v) is 4.88. The molecular formula is C10H10BrN3OS. The number of hydrogen-bond donors (Lipinski definition) is 2. The Hall–Kier alpha value is -0.980. The van der Waals surface area contributed by atoms with Crippen LogP contribution in [0.25, 0.3) is 0 Å². The van der Waals surface area contributed by atoms with Gasteiger partial charge in [0.05, 0.1) is 5.69 Å². The highest BCUT2D eigenvalue weighted by atomic mass is 79.9. The highest BCUT2D eigenvalue weighted by Gasteiger charge is 1.98. The minimum atomic E-state index is -0.0163. The maximum absolute atomic E-state index is 10.9. The lowest BCUT2D eigenvalue weighted by Crippen LogP contribution is -2.14. The van der Waals surface area contributed by atoms with Crippen LogP contribution in [-0.2, 0) is 13.1 Å². The molecule has 0 saturated heterocycles. The number of aromatic amines is 1. The number of nitrogens with zero attached hydrogens (tertiary/aromatic N) is 1. The Kier molecular flexibility index (Phi) is 3.87. The lowest BCUT2D eigenvalue weighted by molar-refractivity contribution is 0.668. The van der Waals surface area contributed by atoms with Crippen molar-refractivity contribution in [3.05, 3.63) is 49.2 Å². The molecule has 0 aliphatic rings. The lowest BCUT2D eigenvalue weighted by Gasteiger charge is -2.02. The summed E-state index contributed by atoms with van der Waals surface area (Å²) in [5, 5.41) is 5.03. The predicted molar refractivity (Wildman–Crippen MR) is 67.4 cm³/mol. The van der Waals surface area contributed by atoms with Crippen LogP contribution in [0, 0.1) is 0 Å². The summed E-state index contributed by atoms with van der Waals surface area (Å²) in [6.45, 7) is 1.32. The molecule has 0 unspecified atom stereocenters. The van der Waals surface area contributed by atoms with Gasteiger partial charge in [0, 0.05) is 24.2 Å². The van der Waals surface area contributed by atoms with E-state index in [0.717, 1.165) is 16.0 Å². The molecule has 0 saturated carbocycles. The van der Waals surface area contributed by atoms with Crippen LogP contribution in [0.3, 0.4) is 0 Å². The molecule has 2 aromatic heterocycles. The van der Waals surface area contributed by atoms with E-state index in [2.05, 4.69) is 31.2 Å². The van der Waals surface area contributed by atoms with Gasteiger partial charge in [-0.1, -0.05) is 17.4 Å². The van der Waals surface area contributed by atoms with E-state index < -0.39 is 0 Å². The van der Waals surface area contributed by atoms with Gasteiger partial charge in [0.15, 0.2) is 0 Å². The molecule has 6 heteroatoms. The fraction of sp³-hybridized carbons (Fsp3) is 0.200. The van der Waals surface area contributed by atoms with Gasteiger partial charge in [0.1, 0.15) is 4.60 Å². The van der Waals surface area contributed by atoms with E-state index >= 15 is 0 Å². The number of rotatable bonds is 4. The fourth-order valence-corrected chi connectivity index (χ4v) is 2.24. The summed E-state index contributed by atoms with van der Waals surface area (Å²) in [6.07, 6.45) is 0. The quantitative estimate of drug-likeness (QED) is 0.848. The maximum Gasteiger partial charge on any atom is 0.304 e. The summed E-state index contributed by atoms with van der Waals surface area (Å²) in [7, 11) is 0. The molecule has 0 fully saturated rings. The molecule has 16 heavy (non-hydrogen) atoms. The number of nitrogens with one attached hydrogen (secondary N) is 2. The van der Waals surface area contributed by atoms with Gasteiger partial charge < -0.3 is 10.3 Å². The molecule has 0 radical (unpaired) electrons. The average molecular weight is 300 g/mol. The van der Waals surface area contributed by atoms with Crippen molar-refractivity contribution in [1.82, 2.24) is 15.3 Å². The van der Waals surface area contributed by atoms with Crippen LogP contribution in [0.4, 0.5) is 0 Å². The van der Waals surface area contributed by atoms with Crippen LogP contribution < -0.4 is 10.2 Å². The summed E-state index contributed by atoms with van der Waals surface area (Å²) in [6, 6.07) is 5.79. The third-order valence-corrected chi connectivity index (χ3v) is 3.13. The summed E-state index contributed by atoms with van der Waals surface area (Å²) in [4.78, 5) is 17.9. The maximum atomic E-state index is 10.9. The monoisotopic (exact) mass is 299 g/mol. The van der Waals surface area contributed by atoms with Gasteiger partial charge in [-0.05, 0) is 28.1 Å². The molecule has 2 N–H and O–H groups in total. The van der Waals surface area contributed by atoms with Crippen LogP contribution in [0.5, 0.6) is 0 Å². The van der Waals surface area contributed by atoms with Crippen molar-refractivity contribution in [3.63, 3.8) is 0 Å². The molecule has 0 aliphatic carbocycles. The van der Waals surface area contributed by atoms with Crippen LogP contribution in [0.1, 0.15) is 11.4 Å². The first kappa shape index (κ1) is 11.5. The van der Waals surface area contributed by atoms with Gasteiger partial charge in [-0.3, -0.25) is 4.79 Å². The van der Waals surface area contributed by atoms with E-state index in [4.69, 9.17) is 0 Å². The van der Waals surface area contributed by atoms with Gasteiger partial charge in [-0.25, -0.2) is 4.98 Å². The number of halogens is 1. The van der Waals surface area contributed by atoms with Crippen molar-refractivity contribution >= 4 is 27.3 Å². The van der Waals surface area contributed by atoms with Crippen LogP contribution >= 0.6 is 27.3 Å². The van der Waals surface area contributed by atoms with E-state index in [1.165, 1.54) is 11.3 Å². The van der Waals surface area contributed by atoms with Gasteiger partial charge in [0.25, 0.3) is 0 Å². The van der Waals surface area contributed by atoms with Crippen molar-refractivity contribution in [2.45, 2.75) is 13.1 Å². The normalized spacial score (nSPS) is 10.6. The molecule has 2 rings (SSSR count). The third-order valence-electron chi connectivity index (χ3n) is 1.97. The molecular weight excluding hydrogens is 290 g/mol. The minimum absolute atomic E-state index is 0.0163. The first-order valence-electron chi connectivity index (χ1n) is 4.73. The zero-order chi connectivity index (χ0) is 11.4. The number of aromatic nitrogens is 2. The highest BCUT2D eigenvalue weighted by Crippen LogP contribution is 2.06. The van der Waals surface area contributed by atoms with Crippen LogP contribution in [0.2, 0.25) is 0 Å². The summed E-state index contributed by atoms with van der Waals surface area (Å²) in [5.41, 5.74) is 1.87. The van der Waals surface area contributed by atoms with E-state index in [9.17, 15) is 4.79 Å². The molecule has 0 aliphatic heterocycles. The molecule has 0 amide bonds. The standard InChI is InChI=1S/C10H10BrN3OS/c11-9-3-1-2-7(13-9)4-12-5-8-6-16-10(15)14-8/h1-3,6,12H,4-5H2,(H,14,15). The first-order valence-corrected chi connectivity index (χ1v) is 6.40. The number of pyridine rings is 1. The molecule has 84 valence electrons. The Balaban J connectivity index is 1.86. The SMILES string of the molecule is O=c1[nH]c(CNCc2cccc(Br)n2)cs1. The summed E-state index contributed by atoms with van der Waals surface area (Å²) < 4.78 is 0.829. The van der Waals surface area contributed by atoms with Crippen molar-refractivity contribution in [1.29, 1.82) is 0 Å². The summed E-state index contributed by atoms with van der Waals surface area (Å²) in [5.74, 6) is 0. The molecule has 4 nitrogen and oxygen atoms in total. The Morgan fingerprint density at radius 3 is 3.00 bits per heavy atom. The molecule has 2 aromatic rings. The molecule has 0 spiro atoms. The Morgan fingerprint density at radius 1 is 1.44 bits per heavy atom. The molecule has 0 aromatic carbocycles. The van der Waals surface area contributed by atoms with Gasteiger partial charge in [0.2, 0.25) is 0 Å². The van der Waals surface area contributed by atoms with Crippen molar-refractivity contribution < 1.29 is 0 Å². The largest absolute Gasteiger partial charge is 0.315 e. The van der Waals surface area contributed by atoms with Gasteiger partial charge in [-0.15, -0.1) is 0 Å². The number of H-pyrrole nitrogens is 1. The van der Waals surface area contributed by atoms with Crippen molar-refractivity contribution in [2.75, 3.05) is 0 Å². The molecule has 0 atom stereocenters. The first-order chi connectivity index (χ1) is 7.74. The van der Waals surface area contributed by atoms with Gasteiger partial charge >= 0.3 is 4.87 Å². The molecule has 0 bridgehead atoms. The zero-order valence-corrected chi connectivity index (χ0v) is 10.8. The Bertz CT molecular complexity index is 523. The predicted octanol–water partition coefficient (Wildman–Crippen LogP) is 1.88. The van der Waals surface area contributed by atoms with Crippen LogP contribution in [-0.4, -0.2) is 9.97 Å². The lowest BCUT2D eigenvalue weighted by atomic mass is 10.3. The van der Waals surface area contributed by atoms with E-state index in [1.807, 2.05) is 23.6 Å². The summed E-state index contributed by atoms with van der Waals surface area (Å²) >= 11 is 4.50. The van der Waals surface area contributed by atoms with E-state index in [-0.39, 0.29) is 4.87 Å². The van der Waals surface area contributed by atoms with E-state index in [0.29, 0.717) is 13.1 Å². The second kappa shape index (κ2) is 5.38. The van der Waals surface area contributed by atoms with Crippen molar-refractivity contribution in [3.8, 4) is 0 Å². The van der Waals surface area contributed by atoms with E-state index in [1.54, 1.807) is 0 Å². The van der Waals surface area contributed by atoms with Gasteiger partial charge in [-0.2, -0.15) is 0 Å². The van der Waals surface area contributed by atoms with Crippen LogP contribution in [0.15, 0.2) is 33.0 Å². The Morgan fingerprint density at radius 2 is 2.31 bits per heavy atom. The zero-order valence-electron chi connectivity index (χ0n) is 8.37. The average Bonchev–Trinajstić information content (AvgIpc) is 2.64. The third kappa shape index (κ3) is 3.26.